The van der Waals surface area contributed by atoms with E-state index >= 15 is 0 Å². The number of hydrogen-bond donors (Lipinski definition) is 0. The van der Waals surface area contributed by atoms with Gasteiger partial charge in [-0.05, 0) is 65.7 Å². The zero-order valence-electron chi connectivity index (χ0n) is 30.4. The van der Waals surface area contributed by atoms with Crippen LogP contribution in [-0.4, -0.2) is 19.5 Å². The quantitative estimate of drug-likeness (QED) is 0.176. The maximum atomic E-state index is 6.27. The molecule has 0 radical (unpaired) electrons. The van der Waals surface area contributed by atoms with Crippen molar-refractivity contribution in [3.05, 3.63) is 182 Å². The van der Waals surface area contributed by atoms with Crippen LogP contribution in [0.15, 0.2) is 186 Å². The molecule has 0 fully saturated rings. The van der Waals surface area contributed by atoms with Crippen molar-refractivity contribution in [1.82, 2.24) is 19.5 Å². The fourth-order valence-corrected chi connectivity index (χ4v) is 9.62. The lowest BCUT2D eigenvalue weighted by Gasteiger charge is -2.11. The van der Waals surface area contributed by atoms with Gasteiger partial charge in [0.25, 0.3) is 0 Å². The molecule has 0 saturated heterocycles. The van der Waals surface area contributed by atoms with Crippen molar-refractivity contribution in [2.24, 2.45) is 0 Å². The summed E-state index contributed by atoms with van der Waals surface area (Å²) in [7, 11) is 0. The summed E-state index contributed by atoms with van der Waals surface area (Å²) in [5.74, 6) is 1.96. The van der Waals surface area contributed by atoms with Crippen LogP contribution in [0.5, 0.6) is 0 Å². The first-order valence-corrected chi connectivity index (χ1v) is 19.8. The average molecular weight is 747 g/mol. The summed E-state index contributed by atoms with van der Waals surface area (Å²) in [5.41, 5.74) is 10.4. The highest BCUT2D eigenvalue weighted by molar-refractivity contribution is 7.26. The van der Waals surface area contributed by atoms with Crippen LogP contribution in [0.3, 0.4) is 0 Å². The molecule has 0 amide bonds. The number of aromatic nitrogens is 4. The molecule has 0 saturated carbocycles. The van der Waals surface area contributed by atoms with Crippen LogP contribution in [0, 0.1) is 0 Å². The van der Waals surface area contributed by atoms with Gasteiger partial charge in [-0.3, -0.25) is 0 Å². The minimum absolute atomic E-state index is 0.651. The van der Waals surface area contributed by atoms with Crippen molar-refractivity contribution >= 4 is 75.3 Å². The molecule has 6 heteroatoms. The van der Waals surface area contributed by atoms with E-state index in [1.54, 1.807) is 11.3 Å². The molecule has 0 aliphatic rings. The fourth-order valence-electron chi connectivity index (χ4n) is 8.50. The van der Waals surface area contributed by atoms with E-state index in [0.29, 0.717) is 17.5 Å². The molecule has 266 valence electrons. The molecule has 0 unspecified atom stereocenters. The van der Waals surface area contributed by atoms with Crippen LogP contribution in [0.2, 0.25) is 0 Å². The van der Waals surface area contributed by atoms with E-state index in [0.717, 1.165) is 66.3 Å². The smallest absolute Gasteiger partial charge is 0.164 e. The monoisotopic (exact) mass is 746 g/mol. The van der Waals surface area contributed by atoms with Crippen LogP contribution in [0.25, 0.3) is 115 Å². The Morgan fingerprint density at radius 3 is 1.84 bits per heavy atom. The Bertz CT molecular complexity index is 3470. The zero-order chi connectivity index (χ0) is 37.5. The van der Waals surface area contributed by atoms with Crippen molar-refractivity contribution in [2.45, 2.75) is 0 Å². The minimum Gasteiger partial charge on any atom is -0.456 e. The Morgan fingerprint density at radius 2 is 1.04 bits per heavy atom. The highest BCUT2D eigenvalue weighted by atomic mass is 32.1. The average Bonchev–Trinajstić information content (AvgIpc) is 3.96. The molecule has 57 heavy (non-hydrogen) atoms. The van der Waals surface area contributed by atoms with Gasteiger partial charge in [-0.25, -0.2) is 15.0 Å². The van der Waals surface area contributed by atoms with E-state index in [9.17, 15) is 0 Å². The summed E-state index contributed by atoms with van der Waals surface area (Å²) in [4.78, 5) is 15.2. The first-order chi connectivity index (χ1) is 28.2. The van der Waals surface area contributed by atoms with Crippen molar-refractivity contribution in [1.29, 1.82) is 0 Å². The summed E-state index contributed by atoms with van der Waals surface area (Å²) in [6, 6.07) is 63.8. The summed E-state index contributed by atoms with van der Waals surface area (Å²) in [6.45, 7) is 0. The van der Waals surface area contributed by atoms with Crippen LogP contribution in [0.1, 0.15) is 0 Å². The molecule has 12 aromatic rings. The normalized spacial score (nSPS) is 11.9. The number of para-hydroxylation sites is 2. The SMILES string of the molecule is c1ccc(-c2nc(-c3ccccc3)nc(-c3cccc4sc5ccc(-n6c7ccccc7c7cc(-c8cccc9oc%10ccccc%10c89)ccc76)cc5c34)n2)cc1. The molecule has 8 aromatic carbocycles. The van der Waals surface area contributed by atoms with Crippen molar-refractivity contribution in [3.63, 3.8) is 0 Å². The minimum atomic E-state index is 0.651. The van der Waals surface area contributed by atoms with E-state index in [4.69, 9.17) is 19.4 Å². The van der Waals surface area contributed by atoms with Crippen LogP contribution in [0.4, 0.5) is 0 Å². The molecule has 4 heterocycles. The molecular formula is C51H30N4OS. The van der Waals surface area contributed by atoms with Gasteiger partial charge < -0.3 is 8.98 Å². The molecular weight excluding hydrogens is 717 g/mol. The topological polar surface area (TPSA) is 56.7 Å². The van der Waals surface area contributed by atoms with Crippen molar-refractivity contribution < 1.29 is 4.42 Å². The van der Waals surface area contributed by atoms with E-state index in [1.165, 1.54) is 31.1 Å². The van der Waals surface area contributed by atoms with Gasteiger partial charge in [0.2, 0.25) is 0 Å². The number of nitrogens with zero attached hydrogens (tertiary/aromatic N) is 4. The van der Waals surface area contributed by atoms with E-state index < -0.39 is 0 Å². The molecule has 0 spiro atoms. The lowest BCUT2D eigenvalue weighted by molar-refractivity contribution is 0.669. The van der Waals surface area contributed by atoms with Gasteiger partial charge in [-0.2, -0.15) is 0 Å². The van der Waals surface area contributed by atoms with Gasteiger partial charge in [0.05, 0.1) is 11.0 Å². The highest BCUT2D eigenvalue weighted by Crippen LogP contribution is 2.43. The second-order valence-electron chi connectivity index (χ2n) is 14.4. The summed E-state index contributed by atoms with van der Waals surface area (Å²) in [6.07, 6.45) is 0. The van der Waals surface area contributed by atoms with Gasteiger partial charge in [0, 0.05) is 64.1 Å². The number of benzene rings is 8. The Labute approximate surface area is 330 Å². The Hall–Kier alpha value is -7.41. The largest absolute Gasteiger partial charge is 0.456 e. The number of rotatable bonds is 5. The molecule has 0 aliphatic heterocycles. The van der Waals surface area contributed by atoms with Gasteiger partial charge in [0.15, 0.2) is 17.5 Å². The standard InChI is InChI=1S/C51H30N4OS/c1-3-13-31(14-4-1)49-52-50(32-15-5-2-6-16-32)54-51(53-49)38-20-12-24-46-48(38)40-30-34(26-28-45(40)57-46)55-41-21-9-7-17-36(41)39-29-33(25-27-42(39)55)35-19-11-23-44-47(35)37-18-8-10-22-43(37)56-44/h1-30H. The predicted molar refractivity (Wildman–Crippen MR) is 236 cm³/mol. The fraction of sp³-hybridized carbons (Fsp3) is 0. The Morgan fingerprint density at radius 1 is 0.386 bits per heavy atom. The van der Waals surface area contributed by atoms with E-state index in [1.807, 2.05) is 48.5 Å². The summed E-state index contributed by atoms with van der Waals surface area (Å²) < 4.78 is 11.1. The summed E-state index contributed by atoms with van der Waals surface area (Å²) >= 11 is 1.80. The number of fused-ring (bicyclic) bond motifs is 9. The maximum Gasteiger partial charge on any atom is 0.164 e. The maximum absolute atomic E-state index is 6.27. The molecule has 0 bridgehead atoms. The van der Waals surface area contributed by atoms with E-state index in [-0.39, 0.29) is 0 Å². The van der Waals surface area contributed by atoms with Gasteiger partial charge >= 0.3 is 0 Å². The third-order valence-electron chi connectivity index (χ3n) is 11.1. The second-order valence-corrected chi connectivity index (χ2v) is 15.4. The van der Waals surface area contributed by atoms with Gasteiger partial charge in [-0.15, -0.1) is 11.3 Å². The number of furan rings is 1. The van der Waals surface area contributed by atoms with Crippen LogP contribution < -0.4 is 0 Å². The van der Waals surface area contributed by atoms with Crippen LogP contribution in [-0.2, 0) is 0 Å². The first-order valence-electron chi connectivity index (χ1n) is 19.0. The molecule has 5 nitrogen and oxygen atoms in total. The van der Waals surface area contributed by atoms with Crippen molar-refractivity contribution in [2.75, 3.05) is 0 Å². The van der Waals surface area contributed by atoms with Gasteiger partial charge in [-0.1, -0.05) is 127 Å². The first kappa shape index (κ1) is 31.9. The third-order valence-corrected chi connectivity index (χ3v) is 12.2. The second kappa shape index (κ2) is 12.6. The molecule has 4 aromatic heterocycles. The lowest BCUT2D eigenvalue weighted by Crippen LogP contribution is -2.00. The third kappa shape index (κ3) is 5.04. The molecule has 12 rings (SSSR count). The van der Waals surface area contributed by atoms with Crippen molar-refractivity contribution in [3.8, 4) is 51.0 Å². The molecule has 0 aliphatic carbocycles. The summed E-state index contributed by atoms with van der Waals surface area (Å²) in [5, 5.41) is 7.01. The van der Waals surface area contributed by atoms with Gasteiger partial charge in [0.1, 0.15) is 11.2 Å². The van der Waals surface area contributed by atoms with Crippen LogP contribution >= 0.6 is 11.3 Å². The highest BCUT2D eigenvalue weighted by Gasteiger charge is 2.20. The molecule has 0 atom stereocenters. The Balaban J connectivity index is 1.06. The molecule has 0 N–H and O–H groups in total. The number of hydrogen-bond acceptors (Lipinski definition) is 5. The zero-order valence-corrected chi connectivity index (χ0v) is 31.2. The Kier molecular flexibility index (Phi) is 7.03. The predicted octanol–water partition coefficient (Wildman–Crippen LogP) is 13.9. The lowest BCUT2D eigenvalue weighted by atomic mass is 9.98. The number of thiophene rings is 1. The van der Waals surface area contributed by atoms with E-state index in [2.05, 4.69) is 138 Å².